The second-order valence-corrected chi connectivity index (χ2v) is 6.30. The number of alkyl halides is 2. The van der Waals surface area contributed by atoms with Gasteiger partial charge in [0.2, 0.25) is 0 Å². The molecular formula is C14H14Cl2O4. The Morgan fingerprint density at radius 1 is 0.900 bits per heavy atom. The van der Waals surface area contributed by atoms with Gasteiger partial charge in [-0.25, -0.2) is 9.59 Å². The first kappa shape index (κ1) is 14.0. The molecular weight excluding hydrogens is 303 g/mol. The van der Waals surface area contributed by atoms with Gasteiger partial charge in [-0.3, -0.25) is 0 Å². The van der Waals surface area contributed by atoms with E-state index in [1.165, 1.54) is 14.2 Å². The number of methoxy groups -OCH3 is 2. The standard InChI is InChI=1S/C14H14Cl2O4/c1-19-13(17)9-5-3-4-6(10(9)14(18)20-2)8-7(5)11(15)12(8)16/h3-8,11-12H,1-2H3/t5-,6+,7-,8-,11+,12-/m1/s1. The lowest BCUT2D eigenvalue weighted by Gasteiger charge is -2.57. The molecule has 0 aromatic heterocycles. The number of ether oxygens (including phenoxy) is 2. The molecule has 0 aromatic rings. The lowest BCUT2D eigenvalue weighted by molar-refractivity contribution is -0.142. The summed E-state index contributed by atoms with van der Waals surface area (Å²) in [4.78, 5) is 24.1. The van der Waals surface area contributed by atoms with Crippen molar-refractivity contribution < 1.29 is 19.1 Å². The highest BCUT2D eigenvalue weighted by Gasteiger charge is 2.62. The molecule has 1 saturated carbocycles. The fourth-order valence-electron chi connectivity index (χ4n) is 3.72. The molecule has 2 bridgehead atoms. The summed E-state index contributed by atoms with van der Waals surface area (Å²) in [5, 5.41) is -0.393. The summed E-state index contributed by atoms with van der Waals surface area (Å²) >= 11 is 12.6. The Morgan fingerprint density at radius 3 is 1.55 bits per heavy atom. The minimum absolute atomic E-state index is 0.0803. The molecule has 4 aliphatic carbocycles. The number of rotatable bonds is 2. The van der Waals surface area contributed by atoms with Gasteiger partial charge in [-0.15, -0.1) is 23.2 Å². The molecule has 20 heavy (non-hydrogen) atoms. The van der Waals surface area contributed by atoms with Crippen LogP contribution in [0.1, 0.15) is 0 Å². The van der Waals surface area contributed by atoms with Crippen LogP contribution in [0.2, 0.25) is 0 Å². The zero-order valence-corrected chi connectivity index (χ0v) is 12.5. The van der Waals surface area contributed by atoms with E-state index in [1.54, 1.807) is 0 Å². The van der Waals surface area contributed by atoms with E-state index in [0.29, 0.717) is 11.1 Å². The molecule has 4 nitrogen and oxygen atoms in total. The van der Waals surface area contributed by atoms with E-state index in [-0.39, 0.29) is 34.4 Å². The smallest absolute Gasteiger partial charge is 0.334 e. The SMILES string of the molecule is COC(=O)C1=C(C(=O)OC)[C@@H]2C=C[C@H]1[C@H]1[C@@H](Cl)[C@@H](Cl)[C@@H]12. The number of carbonyl (C=O) groups excluding carboxylic acids is 2. The van der Waals surface area contributed by atoms with E-state index in [4.69, 9.17) is 32.7 Å². The topological polar surface area (TPSA) is 52.6 Å². The number of halogens is 2. The number of carbonyl (C=O) groups is 2. The Kier molecular flexibility index (Phi) is 3.33. The van der Waals surface area contributed by atoms with Gasteiger partial charge in [-0.2, -0.15) is 0 Å². The number of hydrogen-bond acceptors (Lipinski definition) is 4. The third-order valence-corrected chi connectivity index (χ3v) is 5.86. The van der Waals surface area contributed by atoms with Crippen LogP contribution in [0.15, 0.2) is 23.3 Å². The van der Waals surface area contributed by atoms with Crippen molar-refractivity contribution in [2.24, 2.45) is 23.7 Å². The zero-order valence-electron chi connectivity index (χ0n) is 11.0. The molecule has 0 unspecified atom stereocenters. The molecule has 0 aromatic carbocycles. The first-order valence-corrected chi connectivity index (χ1v) is 7.27. The van der Waals surface area contributed by atoms with E-state index >= 15 is 0 Å². The van der Waals surface area contributed by atoms with Crippen LogP contribution in [0.25, 0.3) is 0 Å². The summed E-state index contributed by atoms with van der Waals surface area (Å²) in [6, 6.07) is 0. The van der Waals surface area contributed by atoms with E-state index in [1.807, 2.05) is 12.2 Å². The predicted molar refractivity (Wildman–Crippen MR) is 73.4 cm³/mol. The highest BCUT2D eigenvalue weighted by Crippen LogP contribution is 2.60. The van der Waals surface area contributed by atoms with Crippen molar-refractivity contribution in [2.75, 3.05) is 14.2 Å². The largest absolute Gasteiger partial charge is 0.466 e. The van der Waals surface area contributed by atoms with Crippen LogP contribution in [0.5, 0.6) is 0 Å². The van der Waals surface area contributed by atoms with Crippen LogP contribution in [-0.4, -0.2) is 36.9 Å². The molecule has 0 heterocycles. The van der Waals surface area contributed by atoms with Crippen molar-refractivity contribution in [1.29, 1.82) is 0 Å². The molecule has 6 heteroatoms. The quantitative estimate of drug-likeness (QED) is 0.443. The van der Waals surface area contributed by atoms with Crippen molar-refractivity contribution in [3.05, 3.63) is 23.3 Å². The first-order chi connectivity index (χ1) is 9.52. The molecule has 6 atom stereocenters. The Labute approximate surface area is 126 Å². The maximum atomic E-state index is 12.1. The van der Waals surface area contributed by atoms with E-state index in [9.17, 15) is 9.59 Å². The van der Waals surface area contributed by atoms with Crippen LogP contribution >= 0.6 is 23.2 Å². The first-order valence-electron chi connectivity index (χ1n) is 6.40. The normalized spacial score (nSPS) is 41.0. The Morgan fingerprint density at radius 2 is 1.25 bits per heavy atom. The summed E-state index contributed by atoms with van der Waals surface area (Å²) < 4.78 is 9.64. The molecule has 0 radical (unpaired) electrons. The van der Waals surface area contributed by atoms with Crippen LogP contribution in [-0.2, 0) is 19.1 Å². The zero-order chi connectivity index (χ0) is 14.6. The maximum Gasteiger partial charge on any atom is 0.334 e. The summed E-state index contributed by atoms with van der Waals surface area (Å²) in [5.41, 5.74) is 0.754. The average molecular weight is 317 g/mol. The third-order valence-electron chi connectivity index (χ3n) is 4.61. The Bertz CT molecular complexity index is 493. The highest BCUT2D eigenvalue weighted by atomic mass is 35.5. The van der Waals surface area contributed by atoms with Crippen LogP contribution in [0, 0.1) is 23.7 Å². The van der Waals surface area contributed by atoms with Gasteiger partial charge in [0.1, 0.15) is 0 Å². The lowest BCUT2D eigenvalue weighted by Crippen LogP contribution is -2.61. The maximum absolute atomic E-state index is 12.1. The van der Waals surface area contributed by atoms with Gasteiger partial charge < -0.3 is 9.47 Å². The summed E-state index contributed by atoms with van der Waals surface area (Å²) in [6.45, 7) is 0. The molecule has 0 saturated heterocycles. The van der Waals surface area contributed by atoms with Gasteiger partial charge in [0, 0.05) is 11.8 Å². The molecule has 4 aliphatic rings. The van der Waals surface area contributed by atoms with Gasteiger partial charge in [-0.05, 0) is 11.8 Å². The third kappa shape index (κ3) is 1.61. The molecule has 0 aliphatic heterocycles. The molecule has 4 rings (SSSR count). The van der Waals surface area contributed by atoms with Gasteiger partial charge in [-0.1, -0.05) is 12.2 Å². The van der Waals surface area contributed by atoms with Gasteiger partial charge in [0.15, 0.2) is 0 Å². The van der Waals surface area contributed by atoms with Crippen molar-refractivity contribution in [2.45, 2.75) is 10.8 Å². The summed E-state index contributed by atoms with van der Waals surface area (Å²) in [6.07, 6.45) is 3.87. The van der Waals surface area contributed by atoms with Gasteiger partial charge in [0.25, 0.3) is 0 Å². The summed E-state index contributed by atoms with van der Waals surface area (Å²) in [7, 11) is 2.61. The van der Waals surface area contributed by atoms with E-state index in [0.717, 1.165) is 0 Å². The second kappa shape index (κ2) is 4.78. The average Bonchev–Trinajstić information content (AvgIpc) is 2.50. The fourth-order valence-corrected chi connectivity index (χ4v) is 4.71. The number of allylic oxidation sites excluding steroid dienone is 2. The summed E-state index contributed by atoms with van der Waals surface area (Å²) in [5.74, 6) is -1.27. The number of hydrogen-bond donors (Lipinski definition) is 0. The van der Waals surface area contributed by atoms with Gasteiger partial charge >= 0.3 is 11.9 Å². The Hall–Kier alpha value is -1.00. The van der Waals surface area contributed by atoms with Crippen molar-refractivity contribution in [3.8, 4) is 0 Å². The highest BCUT2D eigenvalue weighted by molar-refractivity contribution is 6.32. The van der Waals surface area contributed by atoms with Gasteiger partial charge in [0.05, 0.1) is 36.1 Å². The number of esters is 2. The minimum Gasteiger partial charge on any atom is -0.466 e. The van der Waals surface area contributed by atoms with E-state index < -0.39 is 11.9 Å². The predicted octanol–water partition coefficient (Wildman–Crippen LogP) is 1.91. The van der Waals surface area contributed by atoms with Crippen LogP contribution < -0.4 is 0 Å². The molecule has 0 N–H and O–H groups in total. The molecule has 0 spiro atoms. The minimum atomic E-state index is -0.495. The van der Waals surface area contributed by atoms with Crippen molar-refractivity contribution >= 4 is 35.1 Å². The fraction of sp³-hybridized carbons (Fsp3) is 0.571. The lowest BCUT2D eigenvalue weighted by atomic mass is 9.51. The van der Waals surface area contributed by atoms with Crippen LogP contribution in [0.4, 0.5) is 0 Å². The Balaban J connectivity index is 2.11. The van der Waals surface area contributed by atoms with E-state index in [2.05, 4.69) is 0 Å². The van der Waals surface area contributed by atoms with Crippen molar-refractivity contribution in [1.82, 2.24) is 0 Å². The molecule has 108 valence electrons. The monoisotopic (exact) mass is 316 g/mol. The second-order valence-electron chi connectivity index (χ2n) is 5.29. The molecule has 0 amide bonds. The van der Waals surface area contributed by atoms with Crippen LogP contribution in [0.3, 0.4) is 0 Å². The van der Waals surface area contributed by atoms with Crippen molar-refractivity contribution in [3.63, 3.8) is 0 Å². The molecule has 1 fully saturated rings.